The van der Waals surface area contributed by atoms with Crippen molar-refractivity contribution in [2.45, 2.75) is 70.1 Å². The zero-order chi connectivity index (χ0) is 27.7. The van der Waals surface area contributed by atoms with Crippen molar-refractivity contribution in [2.75, 3.05) is 6.54 Å². The Balaban J connectivity index is 1.43. The Morgan fingerprint density at radius 3 is 2.28 bits per heavy atom. The molecule has 39 heavy (non-hydrogen) atoms. The van der Waals surface area contributed by atoms with E-state index in [2.05, 4.69) is 15.6 Å². The van der Waals surface area contributed by atoms with Crippen LogP contribution in [-0.4, -0.2) is 45.0 Å². The predicted octanol–water partition coefficient (Wildman–Crippen LogP) is 6.30. The van der Waals surface area contributed by atoms with Gasteiger partial charge in [0.15, 0.2) is 0 Å². The lowest BCUT2D eigenvalue weighted by Gasteiger charge is -2.22. The molecule has 9 heteroatoms. The number of benzene rings is 2. The second-order valence-corrected chi connectivity index (χ2v) is 12.3. The lowest BCUT2D eigenvalue weighted by molar-refractivity contribution is 0.172. The molecule has 1 saturated carbocycles. The molecule has 2 aromatic heterocycles. The van der Waals surface area contributed by atoms with Crippen molar-refractivity contribution in [2.24, 2.45) is 0 Å². The van der Waals surface area contributed by atoms with Gasteiger partial charge in [-0.3, -0.25) is 9.55 Å². The molecular formula is C30H34N4O4S. The average molecular weight is 547 g/mol. The fourth-order valence-electron chi connectivity index (χ4n) is 5.50. The number of carboxylic acid groups (broad SMARTS) is 1. The third kappa shape index (κ3) is 5.41. The van der Waals surface area contributed by atoms with Crippen LogP contribution in [0.25, 0.3) is 16.7 Å². The van der Waals surface area contributed by atoms with Crippen molar-refractivity contribution < 1.29 is 18.3 Å². The van der Waals surface area contributed by atoms with Crippen LogP contribution in [0.3, 0.4) is 0 Å². The molecule has 2 aromatic carbocycles. The highest BCUT2D eigenvalue weighted by molar-refractivity contribution is 7.89. The SMILES string of the molecule is Cc1ccc(S(=O)(=O)N(CCc2ccc(-n3c(C4CCCCC4)nc4c(C)nc(C)cc43)cc2)C(=O)O)cc1. The molecule has 1 aliphatic carbocycles. The van der Waals surface area contributed by atoms with Crippen LogP contribution in [0.2, 0.25) is 0 Å². The molecule has 4 aromatic rings. The van der Waals surface area contributed by atoms with Crippen LogP contribution < -0.4 is 0 Å². The molecule has 1 aliphatic rings. The standard InChI is InChI=1S/C30H34N4O4S/c1-20-9-15-26(16-10-20)39(37,38)33(30(35)36)18-17-23-11-13-25(14-12-23)34-27-19-21(2)31-22(3)28(27)32-29(34)24-7-5-4-6-8-24/h9-16,19,24H,4-8,17-18H2,1-3H3,(H,35,36). The van der Waals surface area contributed by atoms with Gasteiger partial charge in [0.25, 0.3) is 10.0 Å². The van der Waals surface area contributed by atoms with Gasteiger partial charge < -0.3 is 5.11 Å². The quantitative estimate of drug-likeness (QED) is 0.291. The van der Waals surface area contributed by atoms with Crippen molar-refractivity contribution in [3.63, 3.8) is 0 Å². The van der Waals surface area contributed by atoms with Crippen molar-refractivity contribution in [3.8, 4) is 5.69 Å². The third-order valence-electron chi connectivity index (χ3n) is 7.56. The summed E-state index contributed by atoms with van der Waals surface area (Å²) in [5.41, 5.74) is 6.54. The second-order valence-electron chi connectivity index (χ2n) is 10.4. The highest BCUT2D eigenvalue weighted by Gasteiger charge is 2.29. The molecule has 0 atom stereocenters. The van der Waals surface area contributed by atoms with Gasteiger partial charge in [-0.05, 0) is 75.9 Å². The largest absolute Gasteiger partial charge is 0.464 e. The Morgan fingerprint density at radius 2 is 1.64 bits per heavy atom. The minimum Gasteiger partial charge on any atom is -0.464 e. The zero-order valence-electron chi connectivity index (χ0n) is 22.6. The molecule has 204 valence electrons. The van der Waals surface area contributed by atoms with E-state index in [1.807, 2.05) is 45.0 Å². The summed E-state index contributed by atoms with van der Waals surface area (Å²) in [5, 5.41) is 9.70. The van der Waals surface area contributed by atoms with E-state index in [1.54, 1.807) is 12.1 Å². The number of sulfonamides is 1. The van der Waals surface area contributed by atoms with Gasteiger partial charge in [-0.1, -0.05) is 49.1 Å². The molecule has 8 nitrogen and oxygen atoms in total. The molecule has 0 bridgehead atoms. The molecule has 0 spiro atoms. The summed E-state index contributed by atoms with van der Waals surface area (Å²) in [6, 6.07) is 16.2. The monoisotopic (exact) mass is 546 g/mol. The molecule has 1 fully saturated rings. The van der Waals surface area contributed by atoms with Gasteiger partial charge in [0.05, 0.1) is 16.1 Å². The van der Waals surface area contributed by atoms with E-state index in [0.717, 1.165) is 57.9 Å². The lowest BCUT2D eigenvalue weighted by atomic mass is 9.88. The summed E-state index contributed by atoms with van der Waals surface area (Å²) in [6.45, 7) is 5.67. The maximum Gasteiger partial charge on any atom is 0.421 e. The zero-order valence-corrected chi connectivity index (χ0v) is 23.4. The summed E-state index contributed by atoms with van der Waals surface area (Å²) in [4.78, 5) is 21.6. The van der Waals surface area contributed by atoms with Crippen LogP contribution in [0.5, 0.6) is 0 Å². The predicted molar refractivity (Wildman–Crippen MR) is 151 cm³/mol. The van der Waals surface area contributed by atoms with E-state index in [0.29, 0.717) is 10.2 Å². The number of aromatic nitrogens is 3. The minimum absolute atomic E-state index is 0.0341. The van der Waals surface area contributed by atoms with Crippen LogP contribution in [0.15, 0.2) is 59.5 Å². The number of fused-ring (bicyclic) bond motifs is 1. The summed E-state index contributed by atoms with van der Waals surface area (Å²) >= 11 is 0. The van der Waals surface area contributed by atoms with E-state index in [4.69, 9.17) is 4.98 Å². The first kappa shape index (κ1) is 26.9. The molecular weight excluding hydrogens is 512 g/mol. The molecule has 0 saturated heterocycles. The number of imidazole rings is 1. The van der Waals surface area contributed by atoms with Crippen LogP contribution >= 0.6 is 0 Å². The molecule has 0 unspecified atom stereocenters. The van der Waals surface area contributed by atoms with E-state index in [1.165, 1.54) is 31.4 Å². The molecule has 5 rings (SSSR count). The summed E-state index contributed by atoms with van der Waals surface area (Å²) in [5.74, 6) is 1.45. The maximum absolute atomic E-state index is 13.0. The second kappa shape index (κ2) is 10.8. The number of amides is 1. The first-order chi connectivity index (χ1) is 18.6. The number of aryl methyl sites for hydroxylation is 3. The number of rotatable bonds is 7. The van der Waals surface area contributed by atoms with E-state index >= 15 is 0 Å². The van der Waals surface area contributed by atoms with Gasteiger partial charge in [0, 0.05) is 23.8 Å². The summed E-state index contributed by atoms with van der Waals surface area (Å²) in [7, 11) is -4.17. The highest BCUT2D eigenvalue weighted by Crippen LogP contribution is 2.36. The molecule has 2 heterocycles. The normalized spacial score (nSPS) is 14.5. The molecule has 0 radical (unpaired) electrons. The Bertz CT molecular complexity index is 1600. The Morgan fingerprint density at radius 1 is 0.974 bits per heavy atom. The van der Waals surface area contributed by atoms with Crippen LogP contribution in [-0.2, 0) is 16.4 Å². The van der Waals surface area contributed by atoms with Crippen LogP contribution in [0.4, 0.5) is 4.79 Å². The van der Waals surface area contributed by atoms with Crippen LogP contribution in [0, 0.1) is 20.8 Å². The molecule has 1 N–H and O–H groups in total. The summed E-state index contributed by atoms with van der Waals surface area (Å²) in [6.07, 6.45) is 4.68. The first-order valence-electron chi connectivity index (χ1n) is 13.4. The Labute approximate surface area is 229 Å². The fourth-order valence-corrected chi connectivity index (χ4v) is 6.77. The van der Waals surface area contributed by atoms with Crippen molar-refractivity contribution in [1.82, 2.24) is 18.8 Å². The van der Waals surface area contributed by atoms with E-state index in [9.17, 15) is 18.3 Å². The van der Waals surface area contributed by atoms with Gasteiger partial charge in [0.1, 0.15) is 11.3 Å². The van der Waals surface area contributed by atoms with Crippen molar-refractivity contribution >= 4 is 27.1 Å². The van der Waals surface area contributed by atoms with Gasteiger partial charge in [-0.2, -0.15) is 0 Å². The van der Waals surface area contributed by atoms with Gasteiger partial charge >= 0.3 is 6.09 Å². The van der Waals surface area contributed by atoms with E-state index in [-0.39, 0.29) is 17.9 Å². The van der Waals surface area contributed by atoms with Crippen molar-refractivity contribution in [1.29, 1.82) is 0 Å². The smallest absolute Gasteiger partial charge is 0.421 e. The molecule has 0 aliphatic heterocycles. The fraction of sp³-hybridized carbons (Fsp3) is 0.367. The first-order valence-corrected chi connectivity index (χ1v) is 14.9. The third-order valence-corrected chi connectivity index (χ3v) is 9.35. The number of carbonyl (C=O) groups is 1. The maximum atomic E-state index is 13.0. The lowest BCUT2D eigenvalue weighted by Crippen LogP contribution is -2.37. The Kier molecular flexibility index (Phi) is 7.44. The van der Waals surface area contributed by atoms with Gasteiger partial charge in [0.2, 0.25) is 0 Å². The highest BCUT2D eigenvalue weighted by atomic mass is 32.2. The molecule has 1 amide bonds. The topological polar surface area (TPSA) is 105 Å². The summed E-state index contributed by atoms with van der Waals surface area (Å²) < 4.78 is 28.8. The van der Waals surface area contributed by atoms with Crippen molar-refractivity contribution in [3.05, 3.63) is 82.9 Å². The van der Waals surface area contributed by atoms with E-state index < -0.39 is 16.1 Å². The number of pyridine rings is 1. The van der Waals surface area contributed by atoms with Crippen LogP contribution in [0.1, 0.15) is 66.4 Å². The number of hydrogen-bond acceptors (Lipinski definition) is 5. The van der Waals surface area contributed by atoms with Gasteiger partial charge in [-0.25, -0.2) is 22.5 Å². The number of nitrogens with zero attached hydrogens (tertiary/aromatic N) is 4. The van der Waals surface area contributed by atoms with Gasteiger partial charge in [-0.15, -0.1) is 0 Å². The number of hydrogen-bond donors (Lipinski definition) is 1. The minimum atomic E-state index is -4.17. The average Bonchev–Trinajstić information content (AvgIpc) is 3.29. The Hall–Kier alpha value is -3.72.